The van der Waals surface area contributed by atoms with E-state index in [0.29, 0.717) is 10.6 Å². The van der Waals surface area contributed by atoms with Crippen LogP contribution in [-0.4, -0.2) is 18.0 Å². The van der Waals surface area contributed by atoms with Crippen LogP contribution < -0.4 is 5.32 Å². The predicted octanol–water partition coefficient (Wildman–Crippen LogP) is 4.08. The van der Waals surface area contributed by atoms with Gasteiger partial charge in [-0.25, -0.2) is 4.79 Å². The van der Waals surface area contributed by atoms with Gasteiger partial charge in [-0.2, -0.15) is 13.2 Å². The van der Waals surface area contributed by atoms with Gasteiger partial charge in [0.05, 0.1) is 16.8 Å². The predicted molar refractivity (Wildman–Crippen MR) is 84.4 cm³/mol. The maximum Gasteiger partial charge on any atom is 0.418 e. The Morgan fingerprint density at radius 1 is 1.20 bits per heavy atom. The van der Waals surface area contributed by atoms with Gasteiger partial charge in [-0.3, -0.25) is 4.79 Å². The second kappa shape index (κ2) is 6.40. The number of rotatable bonds is 2. The molecule has 0 aliphatic carbocycles. The van der Waals surface area contributed by atoms with E-state index >= 15 is 0 Å². The Bertz CT molecular complexity index is 851. The van der Waals surface area contributed by atoms with Gasteiger partial charge in [0.2, 0.25) is 0 Å². The Hall–Kier alpha value is -2.54. The molecule has 0 spiro atoms. The van der Waals surface area contributed by atoms with Crippen molar-refractivity contribution < 1.29 is 27.5 Å². The van der Waals surface area contributed by atoms with Gasteiger partial charge in [0, 0.05) is 11.4 Å². The molecule has 0 aromatic heterocycles. The van der Waals surface area contributed by atoms with Crippen molar-refractivity contribution in [3.05, 3.63) is 64.2 Å². The summed E-state index contributed by atoms with van der Waals surface area (Å²) in [4.78, 5) is 24.3. The van der Waals surface area contributed by atoms with E-state index in [1.165, 1.54) is 18.2 Å². The van der Waals surface area contributed by atoms with E-state index in [1.807, 2.05) is 0 Å². The molecular weight excluding hydrogens is 359 g/mol. The monoisotopic (exact) mass is 369 g/mol. The van der Waals surface area contributed by atoms with Crippen molar-refractivity contribution in [3.63, 3.8) is 0 Å². The molecule has 25 heavy (non-hydrogen) atoms. The van der Waals surface area contributed by atoms with Crippen molar-refractivity contribution in [2.75, 3.05) is 5.32 Å². The van der Waals surface area contributed by atoms with Crippen LogP contribution in [0.5, 0.6) is 0 Å². The van der Waals surface area contributed by atoms with Gasteiger partial charge >= 0.3 is 12.1 Å². The van der Waals surface area contributed by atoms with Crippen LogP contribution in [0.3, 0.4) is 0 Å². The highest BCUT2D eigenvalue weighted by Crippen LogP contribution is 2.35. The molecule has 0 radical (unpaired) electrons. The highest BCUT2D eigenvalue weighted by atomic mass is 35.5. The minimum Gasteiger partial charge on any atom is -0.448 e. The fraction of sp³-hybridized carbons (Fsp3) is 0.176. The Labute approximate surface area is 145 Å². The van der Waals surface area contributed by atoms with Crippen LogP contribution in [0, 0.1) is 0 Å². The molecule has 0 bridgehead atoms. The van der Waals surface area contributed by atoms with Gasteiger partial charge < -0.3 is 10.1 Å². The lowest BCUT2D eigenvalue weighted by Gasteiger charge is -2.24. The number of anilines is 1. The lowest BCUT2D eigenvalue weighted by molar-refractivity contribution is -0.137. The van der Waals surface area contributed by atoms with Crippen molar-refractivity contribution in [2.45, 2.75) is 18.7 Å². The van der Waals surface area contributed by atoms with E-state index in [2.05, 4.69) is 5.32 Å². The topological polar surface area (TPSA) is 55.4 Å². The number of hydrogen-bond acceptors (Lipinski definition) is 3. The zero-order valence-corrected chi connectivity index (χ0v) is 13.3. The molecule has 1 aliphatic heterocycles. The first-order valence-corrected chi connectivity index (χ1v) is 7.60. The zero-order chi connectivity index (χ0) is 18.2. The second-order valence-electron chi connectivity index (χ2n) is 5.43. The molecular formula is C17H11ClF3NO3. The van der Waals surface area contributed by atoms with E-state index in [1.54, 1.807) is 12.1 Å². The number of carbonyl (C=O) groups excluding carboxylic acids is 2. The summed E-state index contributed by atoms with van der Waals surface area (Å²) in [5, 5.41) is 2.53. The van der Waals surface area contributed by atoms with Crippen LogP contribution in [0.4, 0.5) is 18.9 Å². The number of carbonyl (C=O) groups is 2. The molecule has 2 aromatic rings. The lowest BCUT2D eigenvalue weighted by atomic mass is 9.98. The van der Waals surface area contributed by atoms with E-state index in [9.17, 15) is 22.8 Å². The Kier molecular flexibility index (Phi) is 4.43. The van der Waals surface area contributed by atoms with Crippen LogP contribution in [0.2, 0.25) is 5.02 Å². The molecule has 0 unspecified atom stereocenters. The maximum atomic E-state index is 13.0. The molecule has 1 atom stereocenters. The number of amides is 1. The molecule has 0 saturated carbocycles. The number of halogens is 4. The summed E-state index contributed by atoms with van der Waals surface area (Å²) in [7, 11) is 0. The standard InChI is InChI=1S/C17H11ClF3NO3/c18-10-6-5-9-7-14(25-16(24)11(9)8-10)15(23)22-13-4-2-1-3-12(13)17(19,20)21/h1-6,8,14H,7H2,(H,22,23)/t14-/m1/s1. The van der Waals surface area contributed by atoms with Crippen LogP contribution in [-0.2, 0) is 22.1 Å². The summed E-state index contributed by atoms with van der Waals surface area (Å²) in [5.41, 5.74) is -0.576. The Morgan fingerprint density at radius 2 is 1.92 bits per heavy atom. The summed E-state index contributed by atoms with van der Waals surface area (Å²) in [6.07, 6.45) is -5.78. The normalized spacial score (nSPS) is 16.8. The van der Waals surface area contributed by atoms with Gasteiger partial charge in [0.25, 0.3) is 5.91 Å². The second-order valence-corrected chi connectivity index (χ2v) is 5.87. The number of alkyl halides is 3. The summed E-state index contributed by atoms with van der Waals surface area (Å²) in [6, 6.07) is 9.16. The number of para-hydroxylation sites is 1. The first-order chi connectivity index (χ1) is 11.8. The minimum atomic E-state index is -4.61. The number of ether oxygens (including phenoxy) is 1. The Morgan fingerprint density at radius 3 is 2.64 bits per heavy atom. The van der Waals surface area contributed by atoms with E-state index in [-0.39, 0.29) is 12.0 Å². The molecule has 2 aromatic carbocycles. The molecule has 4 nitrogen and oxygen atoms in total. The summed E-state index contributed by atoms with van der Waals surface area (Å²) in [6.45, 7) is 0. The maximum absolute atomic E-state index is 13.0. The van der Waals surface area contributed by atoms with Gasteiger partial charge in [-0.15, -0.1) is 0 Å². The molecule has 1 amide bonds. The highest BCUT2D eigenvalue weighted by molar-refractivity contribution is 6.31. The smallest absolute Gasteiger partial charge is 0.418 e. The Balaban J connectivity index is 1.82. The first-order valence-electron chi connectivity index (χ1n) is 7.22. The number of fused-ring (bicyclic) bond motifs is 1. The fourth-order valence-electron chi connectivity index (χ4n) is 2.55. The van der Waals surface area contributed by atoms with Gasteiger partial charge in [0.15, 0.2) is 6.10 Å². The summed E-state index contributed by atoms with van der Waals surface area (Å²) in [5.74, 6) is -1.57. The third-order valence-corrected chi connectivity index (χ3v) is 3.96. The van der Waals surface area contributed by atoms with Crippen LogP contribution in [0.1, 0.15) is 21.5 Å². The average Bonchev–Trinajstić information content (AvgIpc) is 2.55. The third kappa shape index (κ3) is 3.61. The van der Waals surface area contributed by atoms with Crippen molar-refractivity contribution >= 4 is 29.2 Å². The lowest BCUT2D eigenvalue weighted by Crippen LogP contribution is -2.38. The number of nitrogens with one attached hydrogen (secondary N) is 1. The molecule has 8 heteroatoms. The van der Waals surface area contributed by atoms with Gasteiger partial charge in [0.1, 0.15) is 0 Å². The first kappa shape index (κ1) is 17.3. The summed E-state index contributed by atoms with van der Waals surface area (Å²) < 4.78 is 44.0. The molecule has 1 aliphatic rings. The molecule has 0 fully saturated rings. The number of hydrogen-bond donors (Lipinski definition) is 1. The SMILES string of the molecule is O=C1O[C@@H](C(=O)Nc2ccccc2C(F)(F)F)Cc2ccc(Cl)cc21. The molecule has 130 valence electrons. The van der Waals surface area contributed by atoms with Crippen LogP contribution in [0.25, 0.3) is 0 Å². The van der Waals surface area contributed by atoms with E-state index < -0.39 is 35.4 Å². The quantitative estimate of drug-likeness (QED) is 0.812. The van der Waals surface area contributed by atoms with Crippen molar-refractivity contribution in [1.29, 1.82) is 0 Å². The molecule has 3 rings (SSSR count). The average molecular weight is 370 g/mol. The third-order valence-electron chi connectivity index (χ3n) is 3.73. The van der Waals surface area contributed by atoms with Gasteiger partial charge in [-0.1, -0.05) is 29.8 Å². The van der Waals surface area contributed by atoms with Crippen LogP contribution >= 0.6 is 11.6 Å². The van der Waals surface area contributed by atoms with Crippen molar-refractivity contribution in [2.24, 2.45) is 0 Å². The van der Waals surface area contributed by atoms with E-state index in [4.69, 9.17) is 16.3 Å². The number of cyclic esters (lactones) is 1. The number of benzene rings is 2. The van der Waals surface area contributed by atoms with Gasteiger partial charge in [-0.05, 0) is 29.8 Å². The number of esters is 1. The zero-order valence-electron chi connectivity index (χ0n) is 12.6. The highest BCUT2D eigenvalue weighted by Gasteiger charge is 2.36. The fourth-order valence-corrected chi connectivity index (χ4v) is 2.72. The van der Waals surface area contributed by atoms with Crippen LogP contribution in [0.15, 0.2) is 42.5 Å². The largest absolute Gasteiger partial charge is 0.448 e. The minimum absolute atomic E-state index is 0.0538. The molecule has 1 heterocycles. The molecule has 0 saturated heterocycles. The van der Waals surface area contributed by atoms with E-state index in [0.717, 1.165) is 12.1 Å². The summed E-state index contributed by atoms with van der Waals surface area (Å²) >= 11 is 5.81. The van der Waals surface area contributed by atoms with Crippen molar-refractivity contribution in [1.82, 2.24) is 0 Å². The molecule has 1 N–H and O–H groups in total. The van der Waals surface area contributed by atoms with Crippen molar-refractivity contribution in [3.8, 4) is 0 Å².